The van der Waals surface area contributed by atoms with E-state index < -0.39 is 17.4 Å². The predicted octanol–water partition coefficient (Wildman–Crippen LogP) is 1.20. The van der Waals surface area contributed by atoms with Crippen LogP contribution in [0.4, 0.5) is 5.82 Å². The molecule has 1 spiro atoms. The van der Waals surface area contributed by atoms with Gasteiger partial charge in [-0.3, -0.25) is 14.5 Å². The van der Waals surface area contributed by atoms with Crippen molar-refractivity contribution in [2.24, 2.45) is 11.8 Å². The zero-order chi connectivity index (χ0) is 19.2. The van der Waals surface area contributed by atoms with Crippen LogP contribution in [0.1, 0.15) is 26.0 Å². The second-order valence-corrected chi connectivity index (χ2v) is 7.68. The van der Waals surface area contributed by atoms with E-state index >= 15 is 0 Å². The van der Waals surface area contributed by atoms with E-state index in [4.69, 9.17) is 14.0 Å². The van der Waals surface area contributed by atoms with Gasteiger partial charge >= 0.3 is 0 Å². The van der Waals surface area contributed by atoms with Crippen molar-refractivity contribution < 1.29 is 23.6 Å². The molecule has 4 rings (SSSR count). The Kier molecular flexibility index (Phi) is 4.55. The number of aryl methyl sites for hydroxylation is 1. The molecule has 4 heterocycles. The first-order valence-corrected chi connectivity index (χ1v) is 9.42. The molecule has 0 aromatic carbocycles. The summed E-state index contributed by atoms with van der Waals surface area (Å²) in [5, 5.41) is 6.88. The summed E-state index contributed by atoms with van der Waals surface area (Å²) in [7, 11) is 0. The minimum Gasteiger partial charge on any atom is -0.379 e. The highest BCUT2D eigenvalue weighted by Gasteiger charge is 2.67. The SMILES string of the molecule is Cc1cc(N2CC34C=CC(O3)C(C(=O)NCCCOC(C)C)C4C2=O)no1. The average molecular weight is 375 g/mol. The molecule has 27 heavy (non-hydrogen) atoms. The molecule has 0 aliphatic carbocycles. The van der Waals surface area contributed by atoms with Crippen LogP contribution in [0, 0.1) is 18.8 Å². The standard InChI is InChI=1S/C19H25N3O5/c1-11(2)25-8-4-7-20-17(23)15-13-5-6-19(26-13)10-22(18(24)16(15)19)14-9-12(3)27-21-14/h5-6,9,11,13,15-16H,4,7-8,10H2,1-3H3,(H,20,23). The van der Waals surface area contributed by atoms with Gasteiger partial charge in [0.1, 0.15) is 11.4 Å². The van der Waals surface area contributed by atoms with Gasteiger partial charge in [-0.05, 0) is 27.2 Å². The molecule has 4 unspecified atom stereocenters. The van der Waals surface area contributed by atoms with Crippen LogP contribution in [0.5, 0.6) is 0 Å². The molecule has 3 aliphatic heterocycles. The lowest BCUT2D eigenvalue weighted by atomic mass is 9.77. The number of carbonyl (C=O) groups excluding carboxylic acids is 2. The number of rotatable bonds is 7. The van der Waals surface area contributed by atoms with Crippen molar-refractivity contribution in [3.8, 4) is 0 Å². The van der Waals surface area contributed by atoms with Gasteiger partial charge in [0.15, 0.2) is 5.82 Å². The Balaban J connectivity index is 1.44. The Bertz CT molecular complexity index is 773. The number of hydrogen-bond acceptors (Lipinski definition) is 6. The van der Waals surface area contributed by atoms with Crippen molar-refractivity contribution in [1.82, 2.24) is 10.5 Å². The molecular weight excluding hydrogens is 350 g/mol. The maximum absolute atomic E-state index is 13.1. The first-order valence-electron chi connectivity index (χ1n) is 9.42. The molecule has 4 atom stereocenters. The van der Waals surface area contributed by atoms with Crippen molar-refractivity contribution >= 4 is 17.6 Å². The van der Waals surface area contributed by atoms with Crippen LogP contribution in [0.2, 0.25) is 0 Å². The van der Waals surface area contributed by atoms with Crippen LogP contribution in [0.25, 0.3) is 0 Å². The highest BCUT2D eigenvalue weighted by atomic mass is 16.5. The molecule has 3 aliphatic rings. The second kappa shape index (κ2) is 6.76. The lowest BCUT2D eigenvalue weighted by Crippen LogP contribution is -2.44. The maximum atomic E-state index is 13.1. The topological polar surface area (TPSA) is 93.9 Å². The van der Waals surface area contributed by atoms with E-state index in [0.29, 0.717) is 31.3 Å². The van der Waals surface area contributed by atoms with Crippen LogP contribution in [-0.2, 0) is 19.1 Å². The predicted molar refractivity (Wildman–Crippen MR) is 96.0 cm³/mol. The van der Waals surface area contributed by atoms with Crippen LogP contribution < -0.4 is 10.2 Å². The Morgan fingerprint density at radius 1 is 1.52 bits per heavy atom. The summed E-state index contributed by atoms with van der Waals surface area (Å²) in [5.74, 6) is -0.244. The third-order valence-electron chi connectivity index (χ3n) is 5.37. The Labute approximate surface area is 157 Å². The van der Waals surface area contributed by atoms with Crippen LogP contribution in [-0.4, -0.2) is 54.5 Å². The first kappa shape index (κ1) is 18.2. The normalized spacial score (nSPS) is 31.2. The maximum Gasteiger partial charge on any atom is 0.235 e. The van der Waals surface area contributed by atoms with Gasteiger partial charge in [-0.15, -0.1) is 0 Å². The summed E-state index contributed by atoms with van der Waals surface area (Å²) in [6, 6.07) is 1.72. The molecule has 2 bridgehead atoms. The summed E-state index contributed by atoms with van der Waals surface area (Å²) in [5.41, 5.74) is -0.753. The molecule has 8 heteroatoms. The number of ether oxygens (including phenoxy) is 2. The van der Waals surface area contributed by atoms with Gasteiger partial charge in [0, 0.05) is 19.2 Å². The summed E-state index contributed by atoms with van der Waals surface area (Å²) in [4.78, 5) is 27.4. The minimum atomic E-state index is -0.753. The number of nitrogens with zero attached hydrogens (tertiary/aromatic N) is 2. The lowest BCUT2D eigenvalue weighted by Gasteiger charge is -2.23. The smallest absolute Gasteiger partial charge is 0.235 e. The fraction of sp³-hybridized carbons (Fsp3) is 0.632. The van der Waals surface area contributed by atoms with E-state index in [9.17, 15) is 9.59 Å². The summed E-state index contributed by atoms with van der Waals surface area (Å²) in [6.07, 6.45) is 4.37. The molecule has 8 nitrogen and oxygen atoms in total. The Morgan fingerprint density at radius 3 is 3.04 bits per heavy atom. The Morgan fingerprint density at radius 2 is 2.33 bits per heavy atom. The van der Waals surface area contributed by atoms with Crippen LogP contribution >= 0.6 is 0 Å². The van der Waals surface area contributed by atoms with Gasteiger partial charge in [0.25, 0.3) is 0 Å². The van der Waals surface area contributed by atoms with Gasteiger partial charge in [0.2, 0.25) is 11.8 Å². The van der Waals surface area contributed by atoms with Crippen molar-refractivity contribution in [1.29, 1.82) is 0 Å². The van der Waals surface area contributed by atoms with Gasteiger partial charge in [-0.1, -0.05) is 17.3 Å². The second-order valence-electron chi connectivity index (χ2n) is 7.68. The van der Waals surface area contributed by atoms with Gasteiger partial charge in [0.05, 0.1) is 30.6 Å². The van der Waals surface area contributed by atoms with E-state index in [2.05, 4.69) is 10.5 Å². The third-order valence-corrected chi connectivity index (χ3v) is 5.37. The number of anilines is 1. The van der Waals surface area contributed by atoms with Gasteiger partial charge in [-0.25, -0.2) is 0 Å². The average Bonchev–Trinajstić information content (AvgIpc) is 3.35. The van der Waals surface area contributed by atoms with Crippen molar-refractivity contribution in [3.05, 3.63) is 24.0 Å². The molecule has 0 radical (unpaired) electrons. The largest absolute Gasteiger partial charge is 0.379 e. The number of aromatic nitrogens is 1. The number of amides is 2. The van der Waals surface area contributed by atoms with E-state index in [-0.39, 0.29) is 24.0 Å². The molecule has 1 aromatic heterocycles. The Hall–Kier alpha value is -2.19. The molecule has 2 saturated heterocycles. The molecule has 146 valence electrons. The van der Waals surface area contributed by atoms with E-state index in [1.54, 1.807) is 17.9 Å². The van der Waals surface area contributed by atoms with Gasteiger partial charge in [-0.2, -0.15) is 0 Å². The number of nitrogens with one attached hydrogen (secondary N) is 1. The highest BCUT2D eigenvalue weighted by Crippen LogP contribution is 2.52. The van der Waals surface area contributed by atoms with Gasteiger partial charge < -0.3 is 19.3 Å². The van der Waals surface area contributed by atoms with E-state index in [1.165, 1.54) is 0 Å². The summed E-state index contributed by atoms with van der Waals surface area (Å²) in [6.45, 7) is 7.18. The summed E-state index contributed by atoms with van der Waals surface area (Å²) >= 11 is 0. The monoisotopic (exact) mass is 375 g/mol. The van der Waals surface area contributed by atoms with E-state index in [1.807, 2.05) is 26.0 Å². The fourth-order valence-corrected chi connectivity index (χ4v) is 4.19. The summed E-state index contributed by atoms with van der Waals surface area (Å²) < 4.78 is 16.7. The third kappa shape index (κ3) is 3.06. The van der Waals surface area contributed by atoms with Crippen molar-refractivity contribution in [2.45, 2.75) is 45.0 Å². The fourth-order valence-electron chi connectivity index (χ4n) is 4.19. The van der Waals surface area contributed by atoms with Crippen LogP contribution in [0.3, 0.4) is 0 Å². The molecular formula is C19H25N3O5. The number of hydrogen-bond donors (Lipinski definition) is 1. The number of fused-ring (bicyclic) bond motifs is 1. The molecule has 1 aromatic rings. The number of carbonyl (C=O) groups is 2. The molecule has 2 amide bonds. The minimum absolute atomic E-state index is 0.140. The van der Waals surface area contributed by atoms with Crippen LogP contribution in [0.15, 0.2) is 22.7 Å². The molecule has 1 N–H and O–H groups in total. The van der Waals surface area contributed by atoms with E-state index in [0.717, 1.165) is 6.42 Å². The lowest BCUT2D eigenvalue weighted by molar-refractivity contribution is -0.132. The molecule has 2 fully saturated rings. The highest BCUT2D eigenvalue weighted by molar-refractivity contribution is 6.02. The quantitative estimate of drug-likeness (QED) is 0.569. The van der Waals surface area contributed by atoms with Crippen molar-refractivity contribution in [3.63, 3.8) is 0 Å². The molecule has 0 saturated carbocycles. The first-order chi connectivity index (χ1) is 12.9. The zero-order valence-electron chi connectivity index (χ0n) is 15.8. The van der Waals surface area contributed by atoms with Crippen molar-refractivity contribution in [2.75, 3.05) is 24.6 Å². The zero-order valence-corrected chi connectivity index (χ0v) is 15.8.